The lowest BCUT2D eigenvalue weighted by Crippen LogP contribution is -2.42. The van der Waals surface area contributed by atoms with E-state index in [4.69, 9.17) is 0 Å². The normalized spacial score (nSPS) is 28.2. The predicted molar refractivity (Wildman–Crippen MR) is 88.1 cm³/mol. The van der Waals surface area contributed by atoms with Crippen molar-refractivity contribution in [2.24, 2.45) is 5.92 Å². The zero-order chi connectivity index (χ0) is 15.7. The molecule has 1 saturated carbocycles. The Balaban J connectivity index is 1.59. The van der Waals surface area contributed by atoms with Gasteiger partial charge in [-0.1, -0.05) is 32.9 Å². The van der Waals surface area contributed by atoms with Crippen LogP contribution in [0.3, 0.4) is 0 Å². The molecule has 0 spiro atoms. The van der Waals surface area contributed by atoms with E-state index in [0.717, 1.165) is 24.9 Å². The van der Waals surface area contributed by atoms with E-state index in [1.165, 1.54) is 5.56 Å². The van der Waals surface area contributed by atoms with Crippen molar-refractivity contribution in [2.45, 2.75) is 57.5 Å². The Hall–Kier alpha value is -1.43. The van der Waals surface area contributed by atoms with Gasteiger partial charge in [-0.05, 0) is 42.4 Å². The van der Waals surface area contributed by atoms with Crippen LogP contribution in [0.15, 0.2) is 24.3 Å². The van der Waals surface area contributed by atoms with Crippen LogP contribution in [0, 0.1) is 5.92 Å². The molecule has 3 unspecified atom stereocenters. The quantitative estimate of drug-likeness (QED) is 0.675. The summed E-state index contributed by atoms with van der Waals surface area (Å²) in [6, 6.07) is 8.97. The number of carbonyl (C=O) groups excluding carboxylic acids is 1. The second-order valence-electron chi connectivity index (χ2n) is 7.45. The summed E-state index contributed by atoms with van der Waals surface area (Å²) in [6.07, 6.45) is 2.83. The summed E-state index contributed by atoms with van der Waals surface area (Å²) in [5, 5.41) is 3.06. The van der Waals surface area contributed by atoms with Gasteiger partial charge in [0.2, 0.25) is 5.91 Å². The van der Waals surface area contributed by atoms with Crippen LogP contribution in [0.1, 0.15) is 45.6 Å². The van der Waals surface area contributed by atoms with Gasteiger partial charge in [0.1, 0.15) is 0 Å². The molecule has 0 bridgehead atoms. The first-order valence-corrected chi connectivity index (χ1v) is 8.11. The largest absolute Gasteiger partial charge is 0.326 e. The molecule has 22 heavy (non-hydrogen) atoms. The smallest absolute Gasteiger partial charge is 0.227 e. The maximum Gasteiger partial charge on any atom is 0.227 e. The molecule has 3 rings (SSSR count). The molecule has 3 atom stereocenters. The lowest BCUT2D eigenvalue weighted by molar-refractivity contribution is -0.121. The third-order valence-electron chi connectivity index (χ3n) is 4.75. The van der Waals surface area contributed by atoms with Crippen LogP contribution < -0.4 is 21.7 Å². The molecule has 2 aliphatic rings. The summed E-state index contributed by atoms with van der Waals surface area (Å²) >= 11 is 0. The Morgan fingerprint density at radius 2 is 1.77 bits per heavy atom. The van der Waals surface area contributed by atoms with Crippen LogP contribution >= 0.6 is 0 Å². The minimum atomic E-state index is 0.0812. The molecule has 1 heterocycles. The summed E-state index contributed by atoms with van der Waals surface area (Å²) in [5.74, 6) is 0.216. The van der Waals surface area contributed by atoms with Crippen LogP contribution in [0.5, 0.6) is 0 Å². The fourth-order valence-electron chi connectivity index (χ4n) is 3.27. The lowest BCUT2D eigenvalue weighted by Gasteiger charge is -2.29. The SMILES string of the molecule is CC(C)(C)c1ccc(NC(=O)C2CCC3NNNC3C2)cc1. The van der Waals surface area contributed by atoms with Gasteiger partial charge in [0.15, 0.2) is 0 Å². The number of nitrogens with one attached hydrogen (secondary N) is 4. The Morgan fingerprint density at radius 3 is 2.45 bits per heavy atom. The first kappa shape index (κ1) is 15.5. The molecule has 2 fully saturated rings. The minimum absolute atomic E-state index is 0.0812. The molecular formula is C17H26N4O. The highest BCUT2D eigenvalue weighted by Gasteiger charge is 2.36. The average Bonchev–Trinajstić information content (AvgIpc) is 2.94. The van der Waals surface area contributed by atoms with Crippen LogP contribution in [0.25, 0.3) is 0 Å². The second-order valence-corrected chi connectivity index (χ2v) is 7.45. The van der Waals surface area contributed by atoms with Gasteiger partial charge in [-0.3, -0.25) is 4.79 Å². The maximum absolute atomic E-state index is 12.5. The van der Waals surface area contributed by atoms with Crippen molar-refractivity contribution in [1.82, 2.24) is 16.4 Å². The number of hydrogen-bond donors (Lipinski definition) is 4. The number of carbonyl (C=O) groups is 1. The fourth-order valence-corrected chi connectivity index (χ4v) is 3.27. The van der Waals surface area contributed by atoms with Crippen molar-refractivity contribution >= 4 is 11.6 Å². The molecule has 1 aromatic carbocycles. The van der Waals surface area contributed by atoms with Gasteiger partial charge in [-0.2, -0.15) is 5.53 Å². The molecule has 1 aromatic rings. The van der Waals surface area contributed by atoms with Crippen LogP contribution in [-0.2, 0) is 10.2 Å². The van der Waals surface area contributed by atoms with E-state index >= 15 is 0 Å². The van der Waals surface area contributed by atoms with E-state index in [1.54, 1.807) is 0 Å². The molecule has 0 radical (unpaired) electrons. The van der Waals surface area contributed by atoms with Crippen LogP contribution in [-0.4, -0.2) is 18.0 Å². The molecule has 1 amide bonds. The Kier molecular flexibility index (Phi) is 4.21. The predicted octanol–water partition coefficient (Wildman–Crippen LogP) is 2.07. The highest BCUT2D eigenvalue weighted by atomic mass is 16.1. The van der Waals surface area contributed by atoms with Gasteiger partial charge in [0.25, 0.3) is 0 Å². The molecule has 120 valence electrons. The van der Waals surface area contributed by atoms with Crippen molar-refractivity contribution in [3.05, 3.63) is 29.8 Å². The molecule has 0 aromatic heterocycles. The number of fused-ring (bicyclic) bond motifs is 1. The van der Waals surface area contributed by atoms with E-state index < -0.39 is 0 Å². The summed E-state index contributed by atoms with van der Waals surface area (Å²) in [5.41, 5.74) is 11.6. The molecule has 1 aliphatic heterocycles. The van der Waals surface area contributed by atoms with Crippen molar-refractivity contribution in [3.63, 3.8) is 0 Å². The number of rotatable bonds is 2. The van der Waals surface area contributed by atoms with Crippen molar-refractivity contribution in [2.75, 3.05) is 5.32 Å². The highest BCUT2D eigenvalue weighted by Crippen LogP contribution is 2.28. The van der Waals surface area contributed by atoms with Crippen LogP contribution in [0.2, 0.25) is 0 Å². The maximum atomic E-state index is 12.5. The third-order valence-corrected chi connectivity index (χ3v) is 4.75. The molecule has 1 aliphatic carbocycles. The van der Waals surface area contributed by atoms with Crippen molar-refractivity contribution < 1.29 is 4.79 Å². The van der Waals surface area contributed by atoms with Gasteiger partial charge < -0.3 is 5.32 Å². The van der Waals surface area contributed by atoms with E-state index in [-0.39, 0.29) is 17.2 Å². The summed E-state index contributed by atoms with van der Waals surface area (Å²) in [4.78, 5) is 12.5. The standard InChI is InChI=1S/C17H26N4O/c1-17(2,3)12-5-7-13(8-6-12)18-16(22)11-4-9-14-15(10-11)20-21-19-14/h5-8,11,14-15,19-21H,4,9-10H2,1-3H3,(H,18,22). The van der Waals surface area contributed by atoms with Crippen LogP contribution in [0.4, 0.5) is 5.69 Å². The Labute approximate surface area is 132 Å². The van der Waals surface area contributed by atoms with Gasteiger partial charge >= 0.3 is 0 Å². The molecule has 5 nitrogen and oxygen atoms in total. The average molecular weight is 302 g/mol. The molecule has 4 N–H and O–H groups in total. The lowest BCUT2D eigenvalue weighted by atomic mass is 9.82. The summed E-state index contributed by atoms with van der Waals surface area (Å²) < 4.78 is 0. The Morgan fingerprint density at radius 1 is 1.09 bits per heavy atom. The molecule has 5 heteroatoms. The zero-order valence-corrected chi connectivity index (χ0v) is 13.6. The van der Waals surface area contributed by atoms with Gasteiger partial charge in [-0.15, -0.1) is 0 Å². The second kappa shape index (κ2) is 5.99. The van der Waals surface area contributed by atoms with Crippen molar-refractivity contribution in [3.8, 4) is 0 Å². The first-order valence-electron chi connectivity index (χ1n) is 8.11. The first-order chi connectivity index (χ1) is 10.4. The van der Waals surface area contributed by atoms with Gasteiger partial charge in [-0.25, -0.2) is 10.9 Å². The van der Waals surface area contributed by atoms with E-state index in [9.17, 15) is 4.79 Å². The van der Waals surface area contributed by atoms with E-state index in [1.807, 2.05) is 12.1 Å². The zero-order valence-electron chi connectivity index (χ0n) is 13.6. The number of hydrazine groups is 2. The number of anilines is 1. The van der Waals surface area contributed by atoms with Gasteiger partial charge in [0.05, 0.1) is 0 Å². The van der Waals surface area contributed by atoms with E-state index in [0.29, 0.717) is 12.1 Å². The number of hydrogen-bond acceptors (Lipinski definition) is 4. The van der Waals surface area contributed by atoms with Crippen molar-refractivity contribution in [1.29, 1.82) is 0 Å². The Bertz CT molecular complexity index is 535. The monoisotopic (exact) mass is 302 g/mol. The minimum Gasteiger partial charge on any atom is -0.326 e. The molecular weight excluding hydrogens is 276 g/mol. The highest BCUT2D eigenvalue weighted by molar-refractivity contribution is 5.92. The van der Waals surface area contributed by atoms with E-state index in [2.05, 4.69) is 54.6 Å². The van der Waals surface area contributed by atoms with Gasteiger partial charge in [0, 0.05) is 23.7 Å². The molecule has 1 saturated heterocycles. The summed E-state index contributed by atoms with van der Waals surface area (Å²) in [6.45, 7) is 6.57. The number of benzene rings is 1. The summed E-state index contributed by atoms with van der Waals surface area (Å²) in [7, 11) is 0. The topological polar surface area (TPSA) is 65.2 Å². The number of amides is 1. The third kappa shape index (κ3) is 3.32. The fraction of sp³-hybridized carbons (Fsp3) is 0.588.